The van der Waals surface area contributed by atoms with E-state index in [-0.39, 0.29) is 5.69 Å². The Morgan fingerprint density at radius 2 is 2.11 bits per heavy atom. The average molecular weight is 370 g/mol. The molecule has 2 fully saturated rings. The molecule has 27 heavy (non-hydrogen) atoms. The molecule has 0 bridgehead atoms. The molecule has 140 valence electrons. The third-order valence-electron chi connectivity index (χ3n) is 4.54. The first kappa shape index (κ1) is 17.3. The van der Waals surface area contributed by atoms with E-state index in [2.05, 4.69) is 5.32 Å². The molecule has 1 N–H and O–H groups in total. The molecule has 2 aromatic rings. The van der Waals surface area contributed by atoms with E-state index in [1.54, 1.807) is 24.3 Å². The number of anilines is 2. The minimum atomic E-state index is -0.461. The highest BCUT2D eigenvalue weighted by atomic mass is 19.1. The molecule has 2 aliphatic rings. The Labute approximate surface area is 155 Å². The second-order valence-electron chi connectivity index (χ2n) is 6.67. The van der Waals surface area contributed by atoms with E-state index >= 15 is 0 Å². The summed E-state index contributed by atoms with van der Waals surface area (Å²) in [5, 5.41) is 2.70. The van der Waals surface area contributed by atoms with Crippen LogP contribution >= 0.6 is 0 Å². The van der Waals surface area contributed by atoms with E-state index in [4.69, 9.17) is 9.47 Å². The van der Waals surface area contributed by atoms with Gasteiger partial charge in [0.2, 0.25) is 0 Å². The predicted octanol–water partition coefficient (Wildman–Crippen LogP) is 3.82. The lowest BCUT2D eigenvalue weighted by atomic mass is 10.1. The molecule has 4 rings (SSSR count). The summed E-state index contributed by atoms with van der Waals surface area (Å²) in [6, 6.07) is 10.7. The Kier molecular flexibility index (Phi) is 4.66. The minimum Gasteiger partial charge on any atom is -0.491 e. The Balaban J connectivity index is 1.52. The van der Waals surface area contributed by atoms with Crippen LogP contribution in [-0.2, 0) is 4.74 Å². The zero-order valence-corrected chi connectivity index (χ0v) is 14.6. The summed E-state index contributed by atoms with van der Waals surface area (Å²) in [6.07, 6.45) is 1.83. The maximum Gasteiger partial charge on any atom is 0.414 e. The van der Waals surface area contributed by atoms with Gasteiger partial charge in [0, 0.05) is 17.3 Å². The van der Waals surface area contributed by atoms with Crippen molar-refractivity contribution in [3.63, 3.8) is 0 Å². The third kappa shape index (κ3) is 4.02. The molecule has 7 heteroatoms. The van der Waals surface area contributed by atoms with Gasteiger partial charge in [-0.2, -0.15) is 0 Å². The average Bonchev–Trinajstić information content (AvgIpc) is 3.40. The summed E-state index contributed by atoms with van der Waals surface area (Å²) < 4.78 is 24.3. The number of rotatable bonds is 6. The van der Waals surface area contributed by atoms with Gasteiger partial charge in [0.05, 0.1) is 18.8 Å². The number of cyclic esters (lactones) is 1. The highest BCUT2D eigenvalue weighted by Gasteiger charge is 2.25. The molecule has 0 spiro atoms. The maximum atomic E-state index is 13.7. The van der Waals surface area contributed by atoms with Crippen LogP contribution in [0.5, 0.6) is 5.75 Å². The summed E-state index contributed by atoms with van der Waals surface area (Å²) in [5.74, 6) is 0.107. The van der Waals surface area contributed by atoms with Gasteiger partial charge in [-0.1, -0.05) is 6.07 Å². The number of carbonyl (C=O) groups is 2. The summed E-state index contributed by atoms with van der Waals surface area (Å²) >= 11 is 0. The van der Waals surface area contributed by atoms with E-state index in [1.807, 2.05) is 0 Å². The fraction of sp³-hybridized carbons (Fsp3) is 0.300. The van der Waals surface area contributed by atoms with Crippen LogP contribution in [-0.4, -0.2) is 31.8 Å². The van der Waals surface area contributed by atoms with Gasteiger partial charge in [0.25, 0.3) is 5.91 Å². The molecule has 6 nitrogen and oxygen atoms in total. The Bertz CT molecular complexity index is 882. The van der Waals surface area contributed by atoms with Gasteiger partial charge in [0.15, 0.2) is 0 Å². The van der Waals surface area contributed by atoms with Gasteiger partial charge < -0.3 is 14.8 Å². The van der Waals surface area contributed by atoms with Crippen LogP contribution in [0.1, 0.15) is 23.2 Å². The van der Waals surface area contributed by atoms with Gasteiger partial charge in [-0.3, -0.25) is 9.69 Å². The zero-order chi connectivity index (χ0) is 18.8. The first-order chi connectivity index (χ1) is 13.1. The largest absolute Gasteiger partial charge is 0.491 e. The highest BCUT2D eigenvalue weighted by molar-refractivity contribution is 6.06. The van der Waals surface area contributed by atoms with Crippen molar-refractivity contribution in [2.24, 2.45) is 5.92 Å². The van der Waals surface area contributed by atoms with E-state index < -0.39 is 17.8 Å². The summed E-state index contributed by atoms with van der Waals surface area (Å²) in [6.45, 7) is 1.31. The van der Waals surface area contributed by atoms with Crippen LogP contribution < -0.4 is 15.0 Å². The van der Waals surface area contributed by atoms with Gasteiger partial charge in [0.1, 0.15) is 18.2 Å². The monoisotopic (exact) mass is 370 g/mol. The van der Waals surface area contributed by atoms with Crippen molar-refractivity contribution in [2.45, 2.75) is 12.8 Å². The second-order valence-corrected chi connectivity index (χ2v) is 6.67. The van der Waals surface area contributed by atoms with Crippen molar-refractivity contribution >= 4 is 23.4 Å². The summed E-state index contributed by atoms with van der Waals surface area (Å²) in [7, 11) is 0. The predicted molar refractivity (Wildman–Crippen MR) is 97.7 cm³/mol. The molecule has 1 saturated heterocycles. The van der Waals surface area contributed by atoms with Crippen molar-refractivity contribution in [1.82, 2.24) is 0 Å². The lowest BCUT2D eigenvalue weighted by Gasteiger charge is -2.15. The van der Waals surface area contributed by atoms with E-state index in [1.165, 1.54) is 23.1 Å². The number of carbonyl (C=O) groups excluding carboxylic acids is 2. The molecule has 0 radical (unpaired) electrons. The van der Waals surface area contributed by atoms with Crippen LogP contribution in [0, 0.1) is 11.7 Å². The summed E-state index contributed by atoms with van der Waals surface area (Å²) in [5.41, 5.74) is 1.21. The molecule has 1 saturated carbocycles. The number of halogens is 1. The SMILES string of the molecule is O=C(Nc1cc(F)ccc1OCC1CC1)c1cccc(N2CCOC2=O)c1. The van der Waals surface area contributed by atoms with E-state index in [9.17, 15) is 14.0 Å². The number of hydrogen-bond donors (Lipinski definition) is 1. The van der Waals surface area contributed by atoms with Gasteiger partial charge >= 0.3 is 6.09 Å². The molecular weight excluding hydrogens is 351 g/mol. The van der Waals surface area contributed by atoms with Crippen molar-refractivity contribution in [1.29, 1.82) is 0 Å². The second kappa shape index (κ2) is 7.26. The van der Waals surface area contributed by atoms with E-state index in [0.29, 0.717) is 42.7 Å². The lowest BCUT2D eigenvalue weighted by Crippen LogP contribution is -2.23. The summed E-state index contributed by atoms with van der Waals surface area (Å²) in [4.78, 5) is 25.8. The fourth-order valence-electron chi connectivity index (χ4n) is 2.86. The van der Waals surface area contributed by atoms with Gasteiger partial charge in [-0.15, -0.1) is 0 Å². The third-order valence-corrected chi connectivity index (χ3v) is 4.54. The van der Waals surface area contributed by atoms with Crippen molar-refractivity contribution < 1.29 is 23.5 Å². The maximum absolute atomic E-state index is 13.7. The normalized spacial score (nSPS) is 16.2. The van der Waals surface area contributed by atoms with Crippen LogP contribution in [0.15, 0.2) is 42.5 Å². The van der Waals surface area contributed by atoms with Crippen molar-refractivity contribution in [3.05, 3.63) is 53.8 Å². The minimum absolute atomic E-state index is 0.284. The van der Waals surface area contributed by atoms with Crippen LogP contribution in [0.4, 0.5) is 20.6 Å². The molecule has 0 unspecified atom stereocenters. The first-order valence-electron chi connectivity index (χ1n) is 8.88. The molecule has 2 amide bonds. The first-order valence-corrected chi connectivity index (χ1v) is 8.88. The Morgan fingerprint density at radius 3 is 2.85 bits per heavy atom. The molecule has 1 aliphatic heterocycles. The van der Waals surface area contributed by atoms with Crippen LogP contribution in [0.3, 0.4) is 0 Å². The number of ether oxygens (including phenoxy) is 2. The number of nitrogens with zero attached hydrogens (tertiary/aromatic N) is 1. The zero-order valence-electron chi connectivity index (χ0n) is 14.6. The standard InChI is InChI=1S/C20H19FN2O4/c21-15-6-7-18(27-12-13-4-5-13)17(11-15)22-19(24)14-2-1-3-16(10-14)23-8-9-26-20(23)25/h1-3,6-7,10-11,13H,4-5,8-9,12H2,(H,22,24). The van der Waals surface area contributed by atoms with Crippen LogP contribution in [0.2, 0.25) is 0 Å². The molecule has 0 aromatic heterocycles. The van der Waals surface area contributed by atoms with Gasteiger partial charge in [-0.05, 0) is 49.1 Å². The van der Waals surface area contributed by atoms with Crippen LogP contribution in [0.25, 0.3) is 0 Å². The van der Waals surface area contributed by atoms with Crippen molar-refractivity contribution in [3.8, 4) is 5.75 Å². The van der Waals surface area contributed by atoms with E-state index in [0.717, 1.165) is 12.8 Å². The molecular formula is C20H19FN2O4. The molecule has 0 atom stereocenters. The van der Waals surface area contributed by atoms with Gasteiger partial charge in [-0.25, -0.2) is 9.18 Å². The lowest BCUT2D eigenvalue weighted by molar-refractivity contribution is 0.102. The Morgan fingerprint density at radius 1 is 1.26 bits per heavy atom. The highest BCUT2D eigenvalue weighted by Crippen LogP contribution is 2.32. The molecule has 1 heterocycles. The Hall–Kier alpha value is -3.09. The number of amides is 2. The number of benzene rings is 2. The topological polar surface area (TPSA) is 67.9 Å². The quantitative estimate of drug-likeness (QED) is 0.839. The number of nitrogens with one attached hydrogen (secondary N) is 1. The molecule has 1 aliphatic carbocycles. The fourth-order valence-corrected chi connectivity index (χ4v) is 2.86. The molecule has 2 aromatic carbocycles. The smallest absolute Gasteiger partial charge is 0.414 e. The number of hydrogen-bond acceptors (Lipinski definition) is 4. The van der Waals surface area contributed by atoms with Crippen molar-refractivity contribution in [2.75, 3.05) is 30.0 Å².